The smallest absolute Gasteiger partial charge is 0.274 e. The van der Waals surface area contributed by atoms with Crippen molar-refractivity contribution in [2.24, 2.45) is 0 Å². The lowest BCUT2D eigenvalue weighted by Gasteiger charge is -2.27. The van der Waals surface area contributed by atoms with Gasteiger partial charge in [-0.3, -0.25) is 10.1 Å². The van der Waals surface area contributed by atoms with Crippen molar-refractivity contribution >= 4 is 11.4 Å². The molecule has 0 aliphatic heterocycles. The molecule has 0 amide bonds. The number of nitro groups is 1. The van der Waals surface area contributed by atoms with Crippen LogP contribution < -0.4 is 9.64 Å². The maximum atomic E-state index is 11.5. The van der Waals surface area contributed by atoms with Crippen LogP contribution in [-0.2, 0) is 13.1 Å². The average molecular weight is 466 g/mol. The summed E-state index contributed by atoms with van der Waals surface area (Å²) >= 11 is 0. The highest BCUT2D eigenvalue weighted by molar-refractivity contribution is 5.62. The molecule has 4 aromatic rings. The lowest BCUT2D eigenvalue weighted by Crippen LogP contribution is -2.23. The van der Waals surface area contributed by atoms with E-state index in [0.717, 1.165) is 16.8 Å². The van der Waals surface area contributed by atoms with Crippen LogP contribution >= 0.6 is 0 Å². The standard InChI is InChI=1S/C28H23N3O4/c1-20-27(6-3-7-28(20)31(33)34)30(18-22-10-8-21(17-29)9-11-22)19-23-12-14-25(15-13-23)35-26-5-2-4-24(32)16-26/h2-16,32H,18-19H2,1H3. The SMILES string of the molecule is Cc1c(N(Cc2ccc(C#N)cc2)Cc2ccc(Oc3cccc(O)c3)cc2)cccc1[N+](=O)[O-]. The molecule has 4 rings (SSSR count). The second-order valence-corrected chi connectivity index (χ2v) is 8.09. The second-order valence-electron chi connectivity index (χ2n) is 8.09. The van der Waals surface area contributed by atoms with Crippen LogP contribution in [0, 0.1) is 28.4 Å². The minimum atomic E-state index is -0.369. The number of aromatic hydroxyl groups is 1. The van der Waals surface area contributed by atoms with Crippen molar-refractivity contribution in [3.05, 3.63) is 123 Å². The monoisotopic (exact) mass is 465 g/mol. The lowest BCUT2D eigenvalue weighted by atomic mass is 10.1. The molecule has 0 aromatic heterocycles. The number of hydrogen-bond acceptors (Lipinski definition) is 6. The van der Waals surface area contributed by atoms with E-state index in [1.165, 1.54) is 12.1 Å². The van der Waals surface area contributed by atoms with Gasteiger partial charge in [0, 0.05) is 30.9 Å². The molecule has 35 heavy (non-hydrogen) atoms. The molecule has 1 N–H and O–H groups in total. The lowest BCUT2D eigenvalue weighted by molar-refractivity contribution is -0.385. The summed E-state index contributed by atoms with van der Waals surface area (Å²) in [6.07, 6.45) is 0. The molecule has 0 saturated heterocycles. The molecule has 0 bridgehead atoms. The van der Waals surface area contributed by atoms with Gasteiger partial charge >= 0.3 is 0 Å². The molecule has 7 heteroatoms. The minimum absolute atomic E-state index is 0.0715. The summed E-state index contributed by atoms with van der Waals surface area (Å²) in [4.78, 5) is 13.2. The van der Waals surface area contributed by atoms with Gasteiger partial charge in [0.2, 0.25) is 0 Å². The maximum Gasteiger partial charge on any atom is 0.274 e. The van der Waals surface area contributed by atoms with Gasteiger partial charge in [-0.1, -0.05) is 36.4 Å². The molecule has 7 nitrogen and oxygen atoms in total. The Morgan fingerprint density at radius 3 is 2.14 bits per heavy atom. The summed E-state index contributed by atoms with van der Waals surface area (Å²) in [5.41, 5.74) is 3.99. The quantitative estimate of drug-likeness (QED) is 0.236. The summed E-state index contributed by atoms with van der Waals surface area (Å²) < 4.78 is 5.81. The minimum Gasteiger partial charge on any atom is -0.508 e. The number of rotatable bonds is 8. The number of phenols is 1. The third-order valence-corrected chi connectivity index (χ3v) is 5.62. The number of ether oxygens (including phenoxy) is 1. The predicted molar refractivity (Wildman–Crippen MR) is 134 cm³/mol. The number of anilines is 1. The van der Waals surface area contributed by atoms with Crippen LogP contribution in [0.3, 0.4) is 0 Å². The largest absolute Gasteiger partial charge is 0.508 e. The van der Waals surface area contributed by atoms with Crippen molar-refractivity contribution < 1.29 is 14.8 Å². The molecule has 0 saturated carbocycles. The zero-order valence-electron chi connectivity index (χ0n) is 19.1. The summed E-state index contributed by atoms with van der Waals surface area (Å²) in [5, 5.41) is 30.2. The van der Waals surface area contributed by atoms with Crippen molar-refractivity contribution in [1.82, 2.24) is 0 Å². The fourth-order valence-electron chi connectivity index (χ4n) is 3.85. The molecule has 0 atom stereocenters. The van der Waals surface area contributed by atoms with Crippen molar-refractivity contribution in [1.29, 1.82) is 5.26 Å². The van der Waals surface area contributed by atoms with E-state index >= 15 is 0 Å². The van der Waals surface area contributed by atoms with Gasteiger partial charge < -0.3 is 14.7 Å². The van der Waals surface area contributed by atoms with E-state index < -0.39 is 0 Å². The number of phenolic OH excluding ortho intramolecular Hbond substituents is 1. The highest BCUT2D eigenvalue weighted by Gasteiger charge is 2.18. The normalized spacial score (nSPS) is 10.4. The third kappa shape index (κ3) is 5.75. The molecule has 0 aliphatic carbocycles. The van der Waals surface area contributed by atoms with Crippen LogP contribution in [0.15, 0.2) is 91.0 Å². The summed E-state index contributed by atoms with van der Waals surface area (Å²) in [5.74, 6) is 1.29. The van der Waals surface area contributed by atoms with Crippen LogP contribution in [0.2, 0.25) is 0 Å². The van der Waals surface area contributed by atoms with E-state index in [2.05, 4.69) is 11.0 Å². The first kappa shape index (κ1) is 23.3. The molecule has 174 valence electrons. The number of benzene rings is 4. The van der Waals surface area contributed by atoms with E-state index in [9.17, 15) is 15.2 Å². The summed E-state index contributed by atoms with van der Waals surface area (Å²) in [6.45, 7) is 2.77. The van der Waals surface area contributed by atoms with Gasteiger partial charge in [0.25, 0.3) is 5.69 Å². The molecule has 0 unspecified atom stereocenters. The average Bonchev–Trinajstić information content (AvgIpc) is 2.85. The topological polar surface area (TPSA) is 99.6 Å². The molecule has 0 fully saturated rings. The fraction of sp³-hybridized carbons (Fsp3) is 0.107. The van der Waals surface area contributed by atoms with E-state index in [1.54, 1.807) is 43.3 Å². The van der Waals surface area contributed by atoms with E-state index in [-0.39, 0.29) is 16.4 Å². The van der Waals surface area contributed by atoms with Crippen LogP contribution in [0.1, 0.15) is 22.3 Å². The Kier molecular flexibility index (Phi) is 6.94. The van der Waals surface area contributed by atoms with Crippen LogP contribution in [0.5, 0.6) is 17.2 Å². The van der Waals surface area contributed by atoms with Gasteiger partial charge in [-0.25, -0.2) is 0 Å². The number of nitro benzene ring substituents is 1. The van der Waals surface area contributed by atoms with Gasteiger partial charge in [0.15, 0.2) is 0 Å². The number of hydrogen-bond donors (Lipinski definition) is 1. The highest BCUT2D eigenvalue weighted by Crippen LogP contribution is 2.31. The Balaban J connectivity index is 1.60. The molecule has 0 aliphatic rings. The van der Waals surface area contributed by atoms with Crippen LogP contribution in [-0.4, -0.2) is 10.0 Å². The second kappa shape index (κ2) is 10.4. The zero-order valence-corrected chi connectivity index (χ0v) is 19.1. The van der Waals surface area contributed by atoms with Crippen molar-refractivity contribution in [2.45, 2.75) is 20.0 Å². The summed E-state index contributed by atoms with van der Waals surface area (Å²) in [6, 6.07) is 28.7. The highest BCUT2D eigenvalue weighted by atomic mass is 16.6. The first-order chi connectivity index (χ1) is 16.9. The molecule has 0 spiro atoms. The first-order valence-electron chi connectivity index (χ1n) is 11.0. The van der Waals surface area contributed by atoms with Crippen LogP contribution in [0.4, 0.5) is 11.4 Å². The molecule has 0 radical (unpaired) electrons. The van der Waals surface area contributed by atoms with E-state index in [4.69, 9.17) is 10.00 Å². The molecule has 4 aromatic carbocycles. The Bertz CT molecular complexity index is 1380. The number of nitrogens with zero attached hydrogens (tertiary/aromatic N) is 3. The van der Waals surface area contributed by atoms with Gasteiger partial charge in [-0.2, -0.15) is 5.26 Å². The van der Waals surface area contributed by atoms with Crippen LogP contribution in [0.25, 0.3) is 0 Å². The van der Waals surface area contributed by atoms with Crippen molar-refractivity contribution in [3.63, 3.8) is 0 Å². The first-order valence-corrected chi connectivity index (χ1v) is 11.0. The van der Waals surface area contributed by atoms with Gasteiger partial charge in [0.1, 0.15) is 17.2 Å². The molecule has 0 heterocycles. The van der Waals surface area contributed by atoms with E-state index in [1.807, 2.05) is 42.5 Å². The zero-order chi connectivity index (χ0) is 24.8. The molecular formula is C28H23N3O4. The van der Waals surface area contributed by atoms with Crippen molar-refractivity contribution in [3.8, 4) is 23.3 Å². The fourth-order valence-corrected chi connectivity index (χ4v) is 3.85. The number of nitriles is 1. The Labute approximate surface area is 203 Å². The molecular weight excluding hydrogens is 442 g/mol. The predicted octanol–water partition coefficient (Wildman–Crippen LogP) is 6.48. The summed E-state index contributed by atoms with van der Waals surface area (Å²) in [7, 11) is 0. The third-order valence-electron chi connectivity index (χ3n) is 5.62. The Morgan fingerprint density at radius 1 is 0.914 bits per heavy atom. The van der Waals surface area contributed by atoms with Gasteiger partial charge in [0.05, 0.1) is 22.1 Å². The van der Waals surface area contributed by atoms with Gasteiger partial charge in [-0.15, -0.1) is 0 Å². The van der Waals surface area contributed by atoms with E-state index in [0.29, 0.717) is 35.7 Å². The van der Waals surface area contributed by atoms with Crippen molar-refractivity contribution in [2.75, 3.05) is 4.90 Å². The Morgan fingerprint density at radius 2 is 1.54 bits per heavy atom. The maximum absolute atomic E-state index is 11.5. The van der Waals surface area contributed by atoms with Gasteiger partial charge in [-0.05, 0) is 60.5 Å². The Hall–Kier alpha value is -4.83.